The summed E-state index contributed by atoms with van der Waals surface area (Å²) < 4.78 is 46.9. The van der Waals surface area contributed by atoms with Crippen LogP contribution in [-0.2, 0) is 36.0 Å². The zero-order chi connectivity index (χ0) is 31.2. The van der Waals surface area contributed by atoms with E-state index in [1.165, 1.54) is 16.7 Å². The van der Waals surface area contributed by atoms with Crippen molar-refractivity contribution in [3.05, 3.63) is 120 Å². The normalized spacial score (nSPS) is 13.2. The lowest BCUT2D eigenvalue weighted by molar-refractivity contribution is 0.255. The smallest absolute Gasteiger partial charge is 0.262 e. The minimum Gasteiger partial charge on any atom is -0.493 e. The number of benzene rings is 4. The summed E-state index contributed by atoms with van der Waals surface area (Å²) in [5.41, 5.74) is 5.70. The standard InChI is InChI=1S/C34H35N5O5S/c1-42-33-20-26-17-19-38(22-27(26)21-34(33)43-2)18-16-25-12-14-29(15-13-25)39-23-28(35-37-39)24-44-32-11-7-6-10-31(32)36-45(40,41)30-8-4-3-5-9-30/h3-15,20-21,23,36H,16-19,22,24H2,1-2H3. The fraction of sp³-hybridized carbons (Fsp3) is 0.235. The van der Waals surface area contributed by atoms with Gasteiger partial charge in [-0.05, 0) is 78.1 Å². The number of rotatable bonds is 12. The zero-order valence-corrected chi connectivity index (χ0v) is 26.0. The first-order valence-electron chi connectivity index (χ1n) is 14.7. The lowest BCUT2D eigenvalue weighted by atomic mass is 9.98. The van der Waals surface area contributed by atoms with E-state index in [1.54, 1.807) is 79.7 Å². The predicted molar refractivity (Wildman–Crippen MR) is 172 cm³/mol. The fourth-order valence-corrected chi connectivity index (χ4v) is 6.45. The number of hydrogen-bond acceptors (Lipinski definition) is 8. The average molecular weight is 626 g/mol. The van der Waals surface area contributed by atoms with Crippen LogP contribution in [0.25, 0.3) is 5.69 Å². The molecule has 0 saturated carbocycles. The lowest BCUT2D eigenvalue weighted by Crippen LogP contribution is -2.32. The van der Waals surface area contributed by atoms with Crippen LogP contribution in [0.1, 0.15) is 22.4 Å². The topological polar surface area (TPSA) is 108 Å². The number of sulfonamides is 1. The highest BCUT2D eigenvalue weighted by atomic mass is 32.2. The number of nitrogens with zero attached hydrogens (tertiary/aromatic N) is 4. The summed E-state index contributed by atoms with van der Waals surface area (Å²) in [5, 5.41) is 8.51. The van der Waals surface area contributed by atoms with Crippen LogP contribution >= 0.6 is 0 Å². The molecule has 45 heavy (non-hydrogen) atoms. The molecule has 6 rings (SSSR count). The number of para-hydroxylation sites is 2. The van der Waals surface area contributed by atoms with Gasteiger partial charge in [0, 0.05) is 19.6 Å². The van der Waals surface area contributed by atoms with E-state index < -0.39 is 10.0 Å². The second kappa shape index (κ2) is 13.4. The molecule has 0 aliphatic carbocycles. The molecule has 0 spiro atoms. The summed E-state index contributed by atoms with van der Waals surface area (Å²) >= 11 is 0. The quantitative estimate of drug-likeness (QED) is 0.200. The Morgan fingerprint density at radius 1 is 0.844 bits per heavy atom. The lowest BCUT2D eigenvalue weighted by Gasteiger charge is -2.29. The number of nitrogens with one attached hydrogen (secondary N) is 1. The van der Waals surface area contributed by atoms with Crippen molar-refractivity contribution >= 4 is 15.7 Å². The first-order valence-corrected chi connectivity index (χ1v) is 16.2. The average Bonchev–Trinajstić information content (AvgIpc) is 3.56. The molecule has 1 N–H and O–H groups in total. The molecule has 5 aromatic rings. The van der Waals surface area contributed by atoms with Crippen molar-refractivity contribution in [2.75, 3.05) is 32.0 Å². The highest BCUT2D eigenvalue weighted by molar-refractivity contribution is 7.92. The van der Waals surface area contributed by atoms with Crippen molar-refractivity contribution in [3.63, 3.8) is 0 Å². The Balaban J connectivity index is 1.03. The van der Waals surface area contributed by atoms with E-state index in [9.17, 15) is 8.42 Å². The number of hydrogen-bond donors (Lipinski definition) is 1. The van der Waals surface area contributed by atoms with Crippen LogP contribution < -0.4 is 18.9 Å². The highest BCUT2D eigenvalue weighted by Crippen LogP contribution is 2.33. The van der Waals surface area contributed by atoms with Crippen molar-refractivity contribution in [1.82, 2.24) is 19.9 Å². The Morgan fingerprint density at radius 3 is 2.31 bits per heavy atom. The Morgan fingerprint density at radius 2 is 1.56 bits per heavy atom. The zero-order valence-electron chi connectivity index (χ0n) is 25.2. The van der Waals surface area contributed by atoms with Crippen molar-refractivity contribution in [2.24, 2.45) is 0 Å². The van der Waals surface area contributed by atoms with Gasteiger partial charge in [0.15, 0.2) is 11.5 Å². The van der Waals surface area contributed by atoms with Crippen molar-refractivity contribution in [2.45, 2.75) is 30.9 Å². The van der Waals surface area contributed by atoms with Crippen molar-refractivity contribution in [1.29, 1.82) is 0 Å². The van der Waals surface area contributed by atoms with E-state index >= 15 is 0 Å². The number of anilines is 1. The largest absolute Gasteiger partial charge is 0.493 e. The van der Waals surface area contributed by atoms with E-state index in [2.05, 4.69) is 44.2 Å². The monoisotopic (exact) mass is 625 g/mol. The first-order chi connectivity index (χ1) is 21.9. The maximum absolute atomic E-state index is 12.8. The van der Waals surface area contributed by atoms with Gasteiger partial charge in [-0.3, -0.25) is 9.62 Å². The van der Waals surface area contributed by atoms with Gasteiger partial charge < -0.3 is 14.2 Å². The number of aromatic nitrogens is 3. The molecule has 0 amide bonds. The molecule has 4 aromatic carbocycles. The van der Waals surface area contributed by atoms with E-state index in [1.807, 2.05) is 12.1 Å². The first kappa shape index (κ1) is 30.2. The van der Waals surface area contributed by atoms with Gasteiger partial charge in [0.1, 0.15) is 18.1 Å². The third-order valence-electron chi connectivity index (χ3n) is 7.82. The van der Waals surface area contributed by atoms with E-state index in [-0.39, 0.29) is 11.5 Å². The molecule has 0 bridgehead atoms. The summed E-state index contributed by atoms with van der Waals surface area (Å²) in [4.78, 5) is 2.64. The maximum atomic E-state index is 12.8. The van der Waals surface area contributed by atoms with E-state index in [0.717, 1.165) is 49.7 Å². The summed E-state index contributed by atoms with van der Waals surface area (Å²) in [6, 6.07) is 27.6. The molecule has 232 valence electrons. The minimum absolute atomic E-state index is 0.125. The molecule has 0 saturated heterocycles. The molecule has 1 aliphatic heterocycles. The van der Waals surface area contributed by atoms with Crippen molar-refractivity contribution in [3.8, 4) is 22.9 Å². The van der Waals surface area contributed by atoms with Crippen LogP contribution in [0.5, 0.6) is 17.2 Å². The second-order valence-electron chi connectivity index (χ2n) is 10.8. The van der Waals surface area contributed by atoms with Gasteiger partial charge in [0.25, 0.3) is 10.0 Å². The minimum atomic E-state index is -3.76. The van der Waals surface area contributed by atoms with Crippen LogP contribution in [-0.4, -0.2) is 55.6 Å². The summed E-state index contributed by atoms with van der Waals surface area (Å²) in [5.74, 6) is 1.95. The molecule has 11 heteroatoms. The van der Waals surface area contributed by atoms with Gasteiger partial charge in [0.2, 0.25) is 0 Å². The van der Waals surface area contributed by atoms with Crippen molar-refractivity contribution < 1.29 is 22.6 Å². The molecule has 10 nitrogen and oxygen atoms in total. The number of fused-ring (bicyclic) bond motifs is 1. The Kier molecular flexibility index (Phi) is 8.99. The third-order valence-corrected chi connectivity index (χ3v) is 9.20. The molecule has 0 radical (unpaired) electrons. The Labute approximate surface area is 263 Å². The molecule has 2 heterocycles. The van der Waals surface area contributed by atoms with Gasteiger partial charge in [-0.1, -0.05) is 47.7 Å². The molecule has 0 atom stereocenters. The van der Waals surface area contributed by atoms with Crippen LogP contribution in [0.15, 0.2) is 102 Å². The molecule has 1 aliphatic rings. The van der Waals surface area contributed by atoms with Crippen LogP contribution in [0.3, 0.4) is 0 Å². The number of ether oxygens (including phenoxy) is 3. The van der Waals surface area contributed by atoms with Gasteiger partial charge in [-0.25, -0.2) is 13.1 Å². The molecular weight excluding hydrogens is 590 g/mol. The second-order valence-corrected chi connectivity index (χ2v) is 12.5. The van der Waals surface area contributed by atoms with Gasteiger partial charge in [-0.2, -0.15) is 0 Å². The van der Waals surface area contributed by atoms with Crippen LogP contribution in [0.4, 0.5) is 5.69 Å². The maximum Gasteiger partial charge on any atom is 0.262 e. The molecule has 0 fully saturated rings. The third kappa shape index (κ3) is 7.11. The van der Waals surface area contributed by atoms with E-state index in [0.29, 0.717) is 17.1 Å². The number of methoxy groups -OCH3 is 2. The molecule has 0 unspecified atom stereocenters. The fourth-order valence-electron chi connectivity index (χ4n) is 5.36. The van der Waals surface area contributed by atoms with E-state index in [4.69, 9.17) is 14.2 Å². The van der Waals surface area contributed by atoms with Gasteiger partial charge in [-0.15, -0.1) is 5.10 Å². The summed E-state index contributed by atoms with van der Waals surface area (Å²) in [7, 11) is -0.412. The summed E-state index contributed by atoms with van der Waals surface area (Å²) in [6.07, 6.45) is 3.73. The van der Waals surface area contributed by atoms with Gasteiger partial charge >= 0.3 is 0 Å². The van der Waals surface area contributed by atoms with Gasteiger partial charge in [0.05, 0.1) is 36.7 Å². The SMILES string of the molecule is COc1cc2c(cc1OC)CN(CCc1ccc(-n3cc(COc4ccccc4NS(=O)(=O)c4ccccc4)nn3)cc1)CC2. The van der Waals surface area contributed by atoms with Crippen LogP contribution in [0.2, 0.25) is 0 Å². The summed E-state index contributed by atoms with van der Waals surface area (Å²) in [6.45, 7) is 2.98. The Hall–Kier alpha value is -4.87. The van der Waals surface area contributed by atoms with Crippen LogP contribution in [0, 0.1) is 0 Å². The molecular formula is C34H35N5O5S. The highest BCUT2D eigenvalue weighted by Gasteiger charge is 2.20. The predicted octanol–water partition coefficient (Wildman–Crippen LogP) is 5.27. The molecule has 1 aromatic heterocycles. The Bertz CT molecular complexity index is 1860.